The Morgan fingerprint density at radius 1 is 1.26 bits per heavy atom. The summed E-state index contributed by atoms with van der Waals surface area (Å²) in [6.45, 7) is 7.07. The summed E-state index contributed by atoms with van der Waals surface area (Å²) in [4.78, 5) is 6.01. The van der Waals surface area contributed by atoms with Crippen molar-refractivity contribution in [3.8, 4) is 0 Å². The molecule has 0 aliphatic carbocycles. The Kier molecular flexibility index (Phi) is 3.82. The fraction of sp³-hybridized carbons (Fsp3) is 0.818. The van der Waals surface area contributed by atoms with E-state index >= 15 is 0 Å². The second kappa shape index (κ2) is 5.09. The molecule has 1 N–H and O–H groups in total. The highest BCUT2D eigenvalue weighted by atomic mass is 19.4. The molecule has 0 aromatic carbocycles. The zero-order valence-electron chi connectivity index (χ0n) is 10.9. The van der Waals surface area contributed by atoms with E-state index in [0.29, 0.717) is 5.82 Å². The molecule has 1 fully saturated rings. The van der Waals surface area contributed by atoms with E-state index in [2.05, 4.69) is 20.4 Å². The molecule has 1 aromatic heterocycles. The van der Waals surface area contributed by atoms with Crippen LogP contribution in [0.4, 0.5) is 13.2 Å². The molecule has 1 aromatic rings. The molecule has 0 unspecified atom stereocenters. The molecule has 2 heterocycles. The average molecular weight is 278 g/mol. The van der Waals surface area contributed by atoms with E-state index in [1.807, 2.05) is 13.8 Å². The Morgan fingerprint density at radius 2 is 1.89 bits per heavy atom. The molecular formula is C11H17F3N4O. The van der Waals surface area contributed by atoms with Crippen LogP contribution >= 0.6 is 0 Å². The highest BCUT2D eigenvalue weighted by molar-refractivity contribution is 5.03. The summed E-state index contributed by atoms with van der Waals surface area (Å²) in [5, 5.41) is 6.92. The molecule has 8 heteroatoms. The molecule has 0 radical (unpaired) electrons. The van der Waals surface area contributed by atoms with Gasteiger partial charge in [-0.05, 0) is 13.8 Å². The minimum absolute atomic E-state index is 0.300. The predicted molar refractivity (Wildman–Crippen MR) is 61.5 cm³/mol. The topological polar surface area (TPSA) is 54.2 Å². The smallest absolute Gasteiger partial charge is 0.339 e. The Bertz CT molecular complexity index is 424. The Labute approximate surface area is 109 Å². The van der Waals surface area contributed by atoms with Gasteiger partial charge >= 0.3 is 6.18 Å². The van der Waals surface area contributed by atoms with Crippen LogP contribution < -0.4 is 5.32 Å². The Morgan fingerprint density at radius 3 is 2.47 bits per heavy atom. The predicted octanol–water partition coefficient (Wildman–Crippen LogP) is 1.31. The summed E-state index contributed by atoms with van der Waals surface area (Å²) in [6, 6.07) is 0. The monoisotopic (exact) mass is 278 g/mol. The van der Waals surface area contributed by atoms with Gasteiger partial charge in [0, 0.05) is 26.2 Å². The number of rotatable bonds is 3. The lowest BCUT2D eigenvalue weighted by Gasteiger charge is -2.38. The lowest BCUT2D eigenvalue weighted by atomic mass is 10.0. The van der Waals surface area contributed by atoms with E-state index in [1.54, 1.807) is 0 Å². The third kappa shape index (κ3) is 3.44. The van der Waals surface area contributed by atoms with Crippen molar-refractivity contribution in [1.82, 2.24) is 20.4 Å². The summed E-state index contributed by atoms with van der Waals surface area (Å²) < 4.78 is 41.5. The molecule has 0 spiro atoms. The SMILES string of the molecule is CC(C)(c1noc(CC(F)(F)F)n1)N1CCNCC1. The van der Waals surface area contributed by atoms with Gasteiger partial charge in [-0.3, -0.25) is 4.90 Å². The molecule has 1 aliphatic rings. The number of alkyl halides is 3. The standard InChI is InChI=1S/C11H17F3N4O/c1-10(2,18-5-3-15-4-6-18)9-16-8(19-17-9)7-11(12,13)14/h15H,3-7H2,1-2H3. The van der Waals surface area contributed by atoms with Gasteiger partial charge in [0.05, 0.1) is 5.54 Å². The number of hydrogen-bond donors (Lipinski definition) is 1. The van der Waals surface area contributed by atoms with Gasteiger partial charge < -0.3 is 9.84 Å². The number of halogens is 3. The van der Waals surface area contributed by atoms with Gasteiger partial charge in [-0.25, -0.2) is 0 Å². The van der Waals surface area contributed by atoms with E-state index in [0.717, 1.165) is 26.2 Å². The van der Waals surface area contributed by atoms with Crippen LogP contribution in [0.25, 0.3) is 0 Å². The first-order valence-electron chi connectivity index (χ1n) is 6.14. The van der Waals surface area contributed by atoms with Crippen molar-refractivity contribution in [3.63, 3.8) is 0 Å². The summed E-state index contributed by atoms with van der Waals surface area (Å²) in [7, 11) is 0. The average Bonchev–Trinajstić information content (AvgIpc) is 2.77. The van der Waals surface area contributed by atoms with E-state index in [-0.39, 0.29) is 5.89 Å². The van der Waals surface area contributed by atoms with E-state index < -0.39 is 18.1 Å². The van der Waals surface area contributed by atoms with Crippen molar-refractivity contribution in [1.29, 1.82) is 0 Å². The number of aromatic nitrogens is 2. The van der Waals surface area contributed by atoms with Gasteiger partial charge in [-0.1, -0.05) is 5.16 Å². The molecule has 108 valence electrons. The molecule has 0 saturated carbocycles. The second-order valence-corrected chi connectivity index (χ2v) is 5.10. The van der Waals surface area contributed by atoms with Crippen molar-refractivity contribution in [3.05, 3.63) is 11.7 Å². The van der Waals surface area contributed by atoms with E-state index in [4.69, 9.17) is 4.52 Å². The lowest BCUT2D eigenvalue weighted by molar-refractivity contribution is -0.131. The number of nitrogens with zero attached hydrogens (tertiary/aromatic N) is 3. The number of nitrogens with one attached hydrogen (secondary N) is 1. The van der Waals surface area contributed by atoms with Crippen molar-refractivity contribution in [2.75, 3.05) is 26.2 Å². The minimum Gasteiger partial charge on any atom is -0.339 e. The highest BCUT2D eigenvalue weighted by Gasteiger charge is 2.36. The van der Waals surface area contributed by atoms with Crippen LogP contribution in [0.2, 0.25) is 0 Å². The van der Waals surface area contributed by atoms with Crippen molar-refractivity contribution in [2.45, 2.75) is 32.0 Å². The molecule has 19 heavy (non-hydrogen) atoms. The first-order chi connectivity index (χ1) is 8.79. The summed E-state index contributed by atoms with van der Waals surface area (Å²) in [5.41, 5.74) is -0.532. The molecule has 5 nitrogen and oxygen atoms in total. The van der Waals surface area contributed by atoms with Crippen LogP contribution in [0.3, 0.4) is 0 Å². The minimum atomic E-state index is -4.33. The molecule has 0 atom stereocenters. The zero-order chi connectivity index (χ0) is 14.1. The van der Waals surface area contributed by atoms with Gasteiger partial charge in [0.1, 0.15) is 6.42 Å². The van der Waals surface area contributed by atoms with Gasteiger partial charge in [-0.2, -0.15) is 18.2 Å². The van der Waals surface area contributed by atoms with E-state index in [9.17, 15) is 13.2 Å². The first kappa shape index (κ1) is 14.3. The van der Waals surface area contributed by atoms with Gasteiger partial charge in [-0.15, -0.1) is 0 Å². The summed E-state index contributed by atoms with van der Waals surface area (Å²) in [6.07, 6.45) is -5.51. The summed E-state index contributed by atoms with van der Waals surface area (Å²) >= 11 is 0. The van der Waals surface area contributed by atoms with Crippen molar-refractivity contribution >= 4 is 0 Å². The van der Waals surface area contributed by atoms with Gasteiger partial charge in [0.2, 0.25) is 5.89 Å². The fourth-order valence-electron chi connectivity index (χ4n) is 2.11. The largest absolute Gasteiger partial charge is 0.397 e. The van der Waals surface area contributed by atoms with E-state index in [1.165, 1.54) is 0 Å². The molecular weight excluding hydrogens is 261 g/mol. The molecule has 1 aliphatic heterocycles. The third-order valence-corrected chi connectivity index (χ3v) is 3.27. The zero-order valence-corrected chi connectivity index (χ0v) is 10.9. The molecule has 1 saturated heterocycles. The Hall–Kier alpha value is -1.15. The third-order valence-electron chi connectivity index (χ3n) is 3.27. The lowest BCUT2D eigenvalue weighted by Crippen LogP contribution is -2.52. The molecule has 0 bridgehead atoms. The molecule has 0 amide bonds. The van der Waals surface area contributed by atoms with Crippen molar-refractivity contribution in [2.24, 2.45) is 0 Å². The van der Waals surface area contributed by atoms with Crippen LogP contribution in [0.1, 0.15) is 25.6 Å². The van der Waals surface area contributed by atoms with Crippen LogP contribution in [-0.4, -0.2) is 47.4 Å². The quantitative estimate of drug-likeness (QED) is 0.903. The second-order valence-electron chi connectivity index (χ2n) is 5.10. The highest BCUT2D eigenvalue weighted by Crippen LogP contribution is 2.27. The van der Waals surface area contributed by atoms with Crippen LogP contribution in [0.15, 0.2) is 4.52 Å². The van der Waals surface area contributed by atoms with Crippen molar-refractivity contribution < 1.29 is 17.7 Å². The van der Waals surface area contributed by atoms with Crippen LogP contribution in [0, 0.1) is 0 Å². The Balaban J connectivity index is 2.11. The number of hydrogen-bond acceptors (Lipinski definition) is 5. The van der Waals surface area contributed by atoms with Crippen LogP contribution in [0.5, 0.6) is 0 Å². The van der Waals surface area contributed by atoms with Crippen LogP contribution in [-0.2, 0) is 12.0 Å². The maximum Gasteiger partial charge on any atom is 0.397 e. The van der Waals surface area contributed by atoms with Gasteiger partial charge in [0.15, 0.2) is 5.82 Å². The van der Waals surface area contributed by atoms with Gasteiger partial charge in [0.25, 0.3) is 0 Å². The molecule has 2 rings (SSSR count). The summed E-state index contributed by atoms with van der Waals surface area (Å²) in [5.74, 6) is -0.0839. The maximum atomic E-state index is 12.3. The maximum absolute atomic E-state index is 12.3. The fourth-order valence-corrected chi connectivity index (χ4v) is 2.11. The number of piperazine rings is 1. The normalized spacial score (nSPS) is 18.8. The first-order valence-corrected chi connectivity index (χ1v) is 6.14.